The molecule has 0 bridgehead atoms. The fourth-order valence-corrected chi connectivity index (χ4v) is 3.67. The highest BCUT2D eigenvalue weighted by molar-refractivity contribution is 7.92. The number of benzene rings is 2. The van der Waals surface area contributed by atoms with Crippen molar-refractivity contribution in [3.05, 3.63) is 53.6 Å². The third kappa shape index (κ3) is 4.09. The molecule has 0 heterocycles. The van der Waals surface area contributed by atoms with Gasteiger partial charge in [0.25, 0.3) is 10.0 Å². The molecule has 0 aromatic heterocycles. The Morgan fingerprint density at radius 3 is 1.92 bits per heavy atom. The Morgan fingerprint density at radius 2 is 1.42 bits per heavy atom. The molecule has 0 fully saturated rings. The quantitative estimate of drug-likeness (QED) is 0.821. The van der Waals surface area contributed by atoms with E-state index in [-0.39, 0.29) is 10.8 Å². The van der Waals surface area contributed by atoms with Crippen molar-refractivity contribution >= 4 is 15.7 Å². The predicted octanol–water partition coefficient (Wildman–Crippen LogP) is 4.74. The Morgan fingerprint density at radius 1 is 0.875 bits per heavy atom. The largest absolute Gasteiger partial charge is 0.495 e. The molecule has 2 aromatic carbocycles. The minimum absolute atomic E-state index is 0.157. The fourth-order valence-electron chi connectivity index (χ4n) is 2.41. The van der Waals surface area contributed by atoms with Crippen LogP contribution in [0.5, 0.6) is 5.75 Å². The molecule has 5 heteroatoms. The van der Waals surface area contributed by atoms with Gasteiger partial charge in [-0.1, -0.05) is 45.9 Å². The third-order valence-electron chi connectivity index (χ3n) is 3.97. The summed E-state index contributed by atoms with van der Waals surface area (Å²) in [5.41, 5.74) is 2.65. The maximum atomic E-state index is 12.8. The summed E-state index contributed by atoms with van der Waals surface area (Å²) in [6, 6.07) is 12.7. The summed E-state index contributed by atoms with van der Waals surface area (Å²) in [6.45, 7) is 8.25. The summed E-state index contributed by atoms with van der Waals surface area (Å²) in [7, 11) is -2.25. The van der Waals surface area contributed by atoms with Crippen molar-refractivity contribution in [2.24, 2.45) is 0 Å². The number of methoxy groups -OCH3 is 1. The minimum Gasteiger partial charge on any atom is -0.495 e. The maximum Gasteiger partial charge on any atom is 0.265 e. The van der Waals surface area contributed by atoms with Gasteiger partial charge in [-0.3, -0.25) is 4.72 Å². The first kappa shape index (κ1) is 18.3. The summed E-state index contributed by atoms with van der Waals surface area (Å²) in [6.07, 6.45) is 0. The smallest absolute Gasteiger partial charge is 0.265 e. The van der Waals surface area contributed by atoms with Crippen molar-refractivity contribution < 1.29 is 13.2 Å². The number of nitrogens with one attached hydrogen (secondary N) is 1. The van der Waals surface area contributed by atoms with Gasteiger partial charge in [0.1, 0.15) is 10.6 Å². The maximum absolute atomic E-state index is 12.8. The molecule has 2 rings (SSSR count). The molecule has 0 spiro atoms. The molecule has 0 amide bonds. The topological polar surface area (TPSA) is 55.4 Å². The molecule has 0 unspecified atom stereocenters. The second kappa shape index (κ2) is 7.26. The van der Waals surface area contributed by atoms with Gasteiger partial charge in [-0.2, -0.15) is 0 Å². The van der Waals surface area contributed by atoms with Crippen LogP contribution in [0.3, 0.4) is 0 Å². The van der Waals surface area contributed by atoms with E-state index in [2.05, 4.69) is 18.6 Å². The lowest BCUT2D eigenvalue weighted by molar-refractivity contribution is 0.402. The van der Waals surface area contributed by atoms with Crippen LogP contribution in [0.2, 0.25) is 0 Å². The van der Waals surface area contributed by atoms with Crippen LogP contribution in [0.4, 0.5) is 5.69 Å². The number of anilines is 1. The summed E-state index contributed by atoms with van der Waals surface area (Å²) >= 11 is 0. The molecule has 24 heavy (non-hydrogen) atoms. The van der Waals surface area contributed by atoms with Crippen LogP contribution >= 0.6 is 0 Å². The molecule has 0 saturated carbocycles. The van der Waals surface area contributed by atoms with Crippen molar-refractivity contribution in [1.82, 2.24) is 0 Å². The fraction of sp³-hybridized carbons (Fsp3) is 0.368. The average Bonchev–Trinajstić information content (AvgIpc) is 2.54. The molecular weight excluding hydrogens is 322 g/mol. The highest BCUT2D eigenvalue weighted by Crippen LogP contribution is 2.29. The number of hydrogen-bond acceptors (Lipinski definition) is 3. The molecule has 0 saturated heterocycles. The molecule has 0 aliphatic carbocycles. The van der Waals surface area contributed by atoms with Gasteiger partial charge in [-0.25, -0.2) is 8.42 Å². The second-order valence-corrected chi connectivity index (χ2v) is 8.10. The monoisotopic (exact) mass is 347 g/mol. The van der Waals surface area contributed by atoms with Crippen LogP contribution in [0, 0.1) is 0 Å². The summed E-state index contributed by atoms with van der Waals surface area (Å²) in [5.74, 6) is 0.972. The van der Waals surface area contributed by atoms with Crippen LogP contribution in [0.1, 0.15) is 50.7 Å². The normalized spacial score (nSPS) is 11.8. The van der Waals surface area contributed by atoms with E-state index in [1.165, 1.54) is 7.11 Å². The van der Waals surface area contributed by atoms with Crippen molar-refractivity contribution in [2.45, 2.75) is 44.4 Å². The Balaban J connectivity index is 2.37. The Bertz CT molecular complexity index is 794. The van der Waals surface area contributed by atoms with E-state index in [4.69, 9.17) is 4.74 Å². The van der Waals surface area contributed by atoms with Gasteiger partial charge in [0.05, 0.1) is 7.11 Å². The van der Waals surface area contributed by atoms with Gasteiger partial charge in [0, 0.05) is 5.69 Å². The first-order chi connectivity index (χ1) is 11.2. The van der Waals surface area contributed by atoms with Crippen LogP contribution in [0.15, 0.2) is 47.4 Å². The number of ether oxygens (including phenoxy) is 1. The zero-order valence-corrected chi connectivity index (χ0v) is 15.6. The van der Waals surface area contributed by atoms with E-state index in [0.717, 1.165) is 11.1 Å². The Kier molecular flexibility index (Phi) is 5.54. The Labute approximate surface area is 144 Å². The molecule has 1 N–H and O–H groups in total. The molecule has 2 aromatic rings. The zero-order valence-electron chi connectivity index (χ0n) is 14.8. The van der Waals surface area contributed by atoms with Gasteiger partial charge in [0.15, 0.2) is 0 Å². The minimum atomic E-state index is -3.72. The molecule has 0 aliphatic heterocycles. The predicted molar refractivity (Wildman–Crippen MR) is 98.4 cm³/mol. The van der Waals surface area contributed by atoms with Gasteiger partial charge < -0.3 is 4.74 Å². The van der Waals surface area contributed by atoms with Crippen molar-refractivity contribution in [3.63, 3.8) is 0 Å². The first-order valence-corrected chi connectivity index (χ1v) is 9.53. The Hall–Kier alpha value is -2.01. The summed E-state index contributed by atoms with van der Waals surface area (Å²) < 4.78 is 33.4. The lowest BCUT2D eigenvalue weighted by Gasteiger charge is -2.15. The van der Waals surface area contributed by atoms with E-state index in [0.29, 0.717) is 17.4 Å². The summed E-state index contributed by atoms with van der Waals surface area (Å²) in [4.78, 5) is 0.157. The van der Waals surface area contributed by atoms with Crippen LogP contribution < -0.4 is 9.46 Å². The second-order valence-electron chi connectivity index (χ2n) is 6.45. The highest BCUT2D eigenvalue weighted by Gasteiger charge is 2.21. The SMILES string of the molecule is COc1ccc(C(C)C)cc1S(=O)(=O)Nc1ccc(C(C)C)cc1. The average molecular weight is 347 g/mol. The first-order valence-electron chi connectivity index (χ1n) is 8.05. The lowest BCUT2D eigenvalue weighted by atomic mass is 10.0. The lowest BCUT2D eigenvalue weighted by Crippen LogP contribution is -2.14. The molecular formula is C19H25NO3S. The van der Waals surface area contributed by atoms with Crippen LogP contribution in [0.25, 0.3) is 0 Å². The van der Waals surface area contributed by atoms with Crippen molar-refractivity contribution in [2.75, 3.05) is 11.8 Å². The van der Waals surface area contributed by atoms with E-state index < -0.39 is 10.0 Å². The van der Waals surface area contributed by atoms with E-state index in [9.17, 15) is 8.42 Å². The van der Waals surface area contributed by atoms with Crippen molar-refractivity contribution in [1.29, 1.82) is 0 Å². The van der Waals surface area contributed by atoms with Crippen LogP contribution in [-0.4, -0.2) is 15.5 Å². The molecule has 0 atom stereocenters. The zero-order chi connectivity index (χ0) is 17.9. The summed E-state index contributed by atoms with van der Waals surface area (Å²) in [5, 5.41) is 0. The molecule has 4 nitrogen and oxygen atoms in total. The van der Waals surface area contributed by atoms with Gasteiger partial charge in [-0.05, 0) is 47.2 Å². The van der Waals surface area contributed by atoms with Crippen LogP contribution in [-0.2, 0) is 10.0 Å². The molecule has 0 aliphatic rings. The molecule has 0 radical (unpaired) electrons. The number of sulfonamides is 1. The number of rotatable bonds is 6. The third-order valence-corrected chi connectivity index (χ3v) is 5.38. The number of hydrogen-bond donors (Lipinski definition) is 1. The highest BCUT2D eigenvalue weighted by atomic mass is 32.2. The van der Waals surface area contributed by atoms with E-state index >= 15 is 0 Å². The molecule has 130 valence electrons. The van der Waals surface area contributed by atoms with Gasteiger partial charge >= 0.3 is 0 Å². The van der Waals surface area contributed by atoms with E-state index in [1.54, 1.807) is 24.3 Å². The standard InChI is InChI=1S/C19H25NO3S/c1-13(2)15-6-9-17(10-7-15)20-24(21,22)19-12-16(14(3)4)8-11-18(19)23-5/h6-14,20H,1-5H3. The van der Waals surface area contributed by atoms with E-state index in [1.807, 2.05) is 32.0 Å². The van der Waals surface area contributed by atoms with Crippen molar-refractivity contribution in [3.8, 4) is 5.75 Å². The van der Waals surface area contributed by atoms with Gasteiger partial charge in [-0.15, -0.1) is 0 Å². The van der Waals surface area contributed by atoms with Gasteiger partial charge in [0.2, 0.25) is 0 Å².